The second kappa shape index (κ2) is 5.83. The predicted octanol–water partition coefficient (Wildman–Crippen LogP) is 0.419. The van der Waals surface area contributed by atoms with Gasteiger partial charge in [-0.25, -0.2) is 4.79 Å². The number of aliphatic hydroxyl groups excluding tert-OH is 1. The maximum atomic E-state index is 11.1. The molecule has 0 aromatic rings. The molecule has 0 radical (unpaired) electrons. The number of rotatable bonds is 4. The summed E-state index contributed by atoms with van der Waals surface area (Å²) in [4.78, 5) is 12.6. The molecule has 1 unspecified atom stereocenters. The average Bonchev–Trinajstić information content (AvgIpc) is 1.98. The molecule has 72 valence electrons. The number of hydrogen-bond acceptors (Lipinski definition) is 2. The second-order valence-electron chi connectivity index (χ2n) is 2.96. The van der Waals surface area contributed by atoms with E-state index in [1.165, 1.54) is 4.90 Å². The van der Waals surface area contributed by atoms with Crippen LogP contribution in [0.15, 0.2) is 0 Å². The molecule has 0 aliphatic heterocycles. The lowest BCUT2D eigenvalue weighted by Gasteiger charge is -2.18. The van der Waals surface area contributed by atoms with E-state index >= 15 is 0 Å². The fourth-order valence-electron chi connectivity index (χ4n) is 0.846. The van der Waals surface area contributed by atoms with Gasteiger partial charge in [0.1, 0.15) is 0 Å². The van der Waals surface area contributed by atoms with Crippen LogP contribution in [0.3, 0.4) is 0 Å². The molecule has 0 saturated heterocycles. The highest BCUT2D eigenvalue weighted by Gasteiger charge is 2.08. The molecule has 2 N–H and O–H groups in total. The maximum absolute atomic E-state index is 11.1. The molecule has 0 bridgehead atoms. The molecule has 0 fully saturated rings. The average molecular weight is 174 g/mol. The van der Waals surface area contributed by atoms with Crippen molar-refractivity contribution >= 4 is 6.03 Å². The lowest BCUT2D eigenvalue weighted by molar-refractivity contribution is 0.144. The Labute approximate surface area is 73.6 Å². The van der Waals surface area contributed by atoms with E-state index in [9.17, 15) is 4.79 Å². The molecule has 0 heterocycles. The number of urea groups is 1. The number of amides is 2. The minimum Gasteiger partial charge on any atom is -0.392 e. The number of hydrogen-bond donors (Lipinski definition) is 2. The third-order valence-corrected chi connectivity index (χ3v) is 1.41. The third kappa shape index (κ3) is 4.96. The molecule has 0 aliphatic carbocycles. The lowest BCUT2D eigenvalue weighted by Crippen LogP contribution is -2.40. The molecule has 4 heteroatoms. The van der Waals surface area contributed by atoms with Gasteiger partial charge in [0.25, 0.3) is 0 Å². The SMILES string of the molecule is CCCNC(=O)N(C)CC(C)O. The maximum Gasteiger partial charge on any atom is 0.317 e. The summed E-state index contributed by atoms with van der Waals surface area (Å²) in [5.74, 6) is 0. The van der Waals surface area contributed by atoms with Crippen molar-refractivity contribution in [3.8, 4) is 0 Å². The quantitative estimate of drug-likeness (QED) is 0.649. The number of carbonyl (C=O) groups excluding carboxylic acids is 1. The normalized spacial score (nSPS) is 12.3. The van der Waals surface area contributed by atoms with E-state index in [4.69, 9.17) is 5.11 Å². The number of likely N-dealkylation sites (N-methyl/N-ethyl adjacent to an activating group) is 1. The van der Waals surface area contributed by atoms with Crippen LogP contribution in [0.1, 0.15) is 20.3 Å². The molecule has 1 atom stereocenters. The van der Waals surface area contributed by atoms with E-state index in [2.05, 4.69) is 5.32 Å². The van der Waals surface area contributed by atoms with Crippen LogP contribution < -0.4 is 5.32 Å². The fourth-order valence-corrected chi connectivity index (χ4v) is 0.846. The van der Waals surface area contributed by atoms with Gasteiger partial charge in [0.2, 0.25) is 0 Å². The van der Waals surface area contributed by atoms with Crippen LogP contribution in [0.5, 0.6) is 0 Å². The van der Waals surface area contributed by atoms with Crippen molar-refractivity contribution in [3.05, 3.63) is 0 Å². The van der Waals surface area contributed by atoms with Gasteiger partial charge < -0.3 is 15.3 Å². The molecule has 4 nitrogen and oxygen atoms in total. The molecule has 0 saturated carbocycles. The Balaban J connectivity index is 3.61. The minimum absolute atomic E-state index is 0.127. The molecule has 0 aromatic heterocycles. The largest absolute Gasteiger partial charge is 0.392 e. The van der Waals surface area contributed by atoms with E-state index < -0.39 is 6.10 Å². The van der Waals surface area contributed by atoms with E-state index in [1.807, 2.05) is 6.92 Å². The highest BCUT2D eigenvalue weighted by atomic mass is 16.3. The molecule has 12 heavy (non-hydrogen) atoms. The summed E-state index contributed by atoms with van der Waals surface area (Å²) in [5, 5.41) is 11.7. The molecule has 0 rings (SSSR count). The topological polar surface area (TPSA) is 52.6 Å². The summed E-state index contributed by atoms with van der Waals surface area (Å²) in [6.07, 6.45) is 0.455. The Morgan fingerprint density at radius 3 is 2.67 bits per heavy atom. The van der Waals surface area contributed by atoms with Crippen molar-refractivity contribution in [1.82, 2.24) is 10.2 Å². The van der Waals surface area contributed by atoms with E-state index in [1.54, 1.807) is 14.0 Å². The Kier molecular flexibility index (Phi) is 5.45. The number of carbonyl (C=O) groups is 1. The van der Waals surface area contributed by atoms with Crippen molar-refractivity contribution in [2.75, 3.05) is 20.1 Å². The van der Waals surface area contributed by atoms with Crippen LogP contribution >= 0.6 is 0 Å². The van der Waals surface area contributed by atoms with E-state index in [0.717, 1.165) is 6.42 Å². The van der Waals surface area contributed by atoms with Crippen LogP contribution in [0.25, 0.3) is 0 Å². The van der Waals surface area contributed by atoms with Crippen molar-refractivity contribution in [1.29, 1.82) is 0 Å². The van der Waals surface area contributed by atoms with E-state index in [-0.39, 0.29) is 6.03 Å². The standard InChI is InChI=1S/C8H18N2O2/c1-4-5-9-8(12)10(3)6-7(2)11/h7,11H,4-6H2,1-3H3,(H,9,12). The van der Waals surface area contributed by atoms with Crippen molar-refractivity contribution in [2.45, 2.75) is 26.4 Å². The van der Waals surface area contributed by atoms with Crippen LogP contribution in [-0.4, -0.2) is 42.3 Å². The van der Waals surface area contributed by atoms with Gasteiger partial charge in [0.15, 0.2) is 0 Å². The van der Waals surface area contributed by atoms with Crippen LogP contribution in [0.4, 0.5) is 4.79 Å². The molecule has 0 aromatic carbocycles. The molecule has 0 aliphatic rings. The first kappa shape index (κ1) is 11.2. The van der Waals surface area contributed by atoms with Crippen LogP contribution in [-0.2, 0) is 0 Å². The highest BCUT2D eigenvalue weighted by Crippen LogP contribution is 1.88. The van der Waals surface area contributed by atoms with Crippen LogP contribution in [0.2, 0.25) is 0 Å². The molecular formula is C8H18N2O2. The summed E-state index contributed by atoms with van der Waals surface area (Å²) in [7, 11) is 1.66. The zero-order valence-corrected chi connectivity index (χ0v) is 8.00. The van der Waals surface area contributed by atoms with Gasteiger partial charge in [-0.2, -0.15) is 0 Å². The Morgan fingerprint density at radius 1 is 1.67 bits per heavy atom. The Bertz CT molecular complexity index is 137. The number of nitrogens with zero attached hydrogens (tertiary/aromatic N) is 1. The Hall–Kier alpha value is -0.770. The first-order chi connectivity index (χ1) is 5.57. The monoisotopic (exact) mass is 174 g/mol. The predicted molar refractivity (Wildman–Crippen MR) is 48.0 cm³/mol. The van der Waals surface area contributed by atoms with Gasteiger partial charge in [-0.3, -0.25) is 0 Å². The van der Waals surface area contributed by atoms with E-state index in [0.29, 0.717) is 13.1 Å². The van der Waals surface area contributed by atoms with Crippen molar-refractivity contribution in [3.63, 3.8) is 0 Å². The number of nitrogens with one attached hydrogen (secondary N) is 1. The summed E-state index contributed by atoms with van der Waals surface area (Å²) in [5.41, 5.74) is 0. The zero-order chi connectivity index (χ0) is 9.56. The van der Waals surface area contributed by atoms with Gasteiger partial charge >= 0.3 is 6.03 Å². The van der Waals surface area contributed by atoms with Gasteiger partial charge in [-0.1, -0.05) is 6.92 Å². The first-order valence-electron chi connectivity index (χ1n) is 4.25. The molecular weight excluding hydrogens is 156 g/mol. The van der Waals surface area contributed by atoms with Gasteiger partial charge in [0.05, 0.1) is 6.10 Å². The summed E-state index contributed by atoms with van der Waals surface area (Å²) in [6, 6.07) is -0.127. The van der Waals surface area contributed by atoms with Crippen LogP contribution in [0, 0.1) is 0 Å². The molecule has 2 amide bonds. The minimum atomic E-state index is -0.470. The highest BCUT2D eigenvalue weighted by molar-refractivity contribution is 5.73. The fraction of sp³-hybridized carbons (Fsp3) is 0.875. The van der Waals surface area contributed by atoms with Gasteiger partial charge in [-0.05, 0) is 13.3 Å². The zero-order valence-electron chi connectivity index (χ0n) is 8.00. The lowest BCUT2D eigenvalue weighted by atomic mass is 10.4. The summed E-state index contributed by atoms with van der Waals surface area (Å²) >= 11 is 0. The smallest absolute Gasteiger partial charge is 0.317 e. The Morgan fingerprint density at radius 2 is 2.25 bits per heavy atom. The third-order valence-electron chi connectivity index (χ3n) is 1.41. The van der Waals surface area contributed by atoms with Crippen molar-refractivity contribution < 1.29 is 9.90 Å². The molecule has 0 spiro atoms. The first-order valence-corrected chi connectivity index (χ1v) is 4.25. The van der Waals surface area contributed by atoms with Crippen molar-refractivity contribution in [2.24, 2.45) is 0 Å². The number of aliphatic hydroxyl groups is 1. The van der Waals surface area contributed by atoms with Gasteiger partial charge in [-0.15, -0.1) is 0 Å². The van der Waals surface area contributed by atoms with Gasteiger partial charge in [0, 0.05) is 20.1 Å². The second-order valence-corrected chi connectivity index (χ2v) is 2.96. The summed E-state index contributed by atoms with van der Waals surface area (Å²) < 4.78 is 0. The summed E-state index contributed by atoms with van der Waals surface area (Å²) in [6.45, 7) is 4.71.